The van der Waals surface area contributed by atoms with Crippen molar-refractivity contribution in [3.05, 3.63) is 48.0 Å². The molecule has 0 aliphatic carbocycles. The van der Waals surface area contributed by atoms with Gasteiger partial charge >= 0.3 is 0 Å². The molecule has 1 atom stereocenters. The van der Waals surface area contributed by atoms with Crippen LogP contribution in [0.15, 0.2) is 41.6 Å². The Morgan fingerprint density at radius 2 is 2.00 bits per heavy atom. The molecule has 7 heteroatoms. The average Bonchev–Trinajstić information content (AvgIpc) is 2.99. The van der Waals surface area contributed by atoms with Gasteiger partial charge in [0.05, 0.1) is 10.9 Å². The second kappa shape index (κ2) is 7.04. The number of nitrogens with zero attached hydrogens (tertiary/aromatic N) is 2. The van der Waals surface area contributed by atoms with Gasteiger partial charge in [0.25, 0.3) is 0 Å². The fourth-order valence-electron chi connectivity index (χ4n) is 3.17. The van der Waals surface area contributed by atoms with E-state index in [0.717, 1.165) is 24.2 Å². The van der Waals surface area contributed by atoms with Crippen molar-refractivity contribution in [1.29, 1.82) is 0 Å². The molecule has 0 amide bonds. The Morgan fingerprint density at radius 1 is 1.29 bits per heavy atom. The van der Waals surface area contributed by atoms with E-state index >= 15 is 0 Å². The summed E-state index contributed by atoms with van der Waals surface area (Å²) in [4.78, 5) is 4.70. The number of hydrogen-bond acceptors (Lipinski definition) is 4. The molecule has 0 bridgehead atoms. The predicted octanol–water partition coefficient (Wildman–Crippen LogP) is 2.17. The van der Waals surface area contributed by atoms with Crippen LogP contribution in [-0.4, -0.2) is 31.2 Å². The van der Waals surface area contributed by atoms with Crippen LogP contribution in [0.3, 0.4) is 0 Å². The molecule has 6 nitrogen and oxygen atoms in total. The Labute approximate surface area is 142 Å². The molecule has 3 rings (SSSR count). The van der Waals surface area contributed by atoms with Gasteiger partial charge in [0.1, 0.15) is 5.82 Å². The highest BCUT2D eigenvalue weighted by atomic mass is 32.2. The average molecular weight is 349 g/mol. The number of ether oxygens (including phenoxy) is 1. The fraction of sp³-hybridized carbons (Fsp3) is 0.471. The Balaban J connectivity index is 1.94. The van der Waals surface area contributed by atoms with E-state index in [0.29, 0.717) is 18.1 Å². The lowest BCUT2D eigenvalue weighted by molar-refractivity contribution is 0.0551. The molecule has 2 aromatic rings. The first kappa shape index (κ1) is 17.1. The summed E-state index contributed by atoms with van der Waals surface area (Å²) in [5, 5.41) is 0. The minimum Gasteiger partial charge on any atom is -0.381 e. The highest BCUT2D eigenvalue weighted by molar-refractivity contribution is 7.89. The SMILES string of the molecule is Cc1ccccc1S(=O)(=O)NC(c1nccn1C)C1CCOCC1. The van der Waals surface area contributed by atoms with Gasteiger partial charge < -0.3 is 9.30 Å². The van der Waals surface area contributed by atoms with Crippen LogP contribution in [0.1, 0.15) is 30.3 Å². The zero-order chi connectivity index (χ0) is 17.2. The van der Waals surface area contributed by atoms with Crippen LogP contribution in [0.5, 0.6) is 0 Å². The van der Waals surface area contributed by atoms with E-state index in [1.807, 2.05) is 23.9 Å². The molecular formula is C17H23N3O3S. The molecule has 1 aliphatic heterocycles. The third kappa shape index (κ3) is 3.53. The van der Waals surface area contributed by atoms with E-state index in [2.05, 4.69) is 9.71 Å². The summed E-state index contributed by atoms with van der Waals surface area (Å²) >= 11 is 0. The number of hydrogen-bond donors (Lipinski definition) is 1. The molecule has 0 spiro atoms. The van der Waals surface area contributed by atoms with Crippen molar-refractivity contribution in [2.75, 3.05) is 13.2 Å². The minimum absolute atomic E-state index is 0.165. The van der Waals surface area contributed by atoms with Crippen molar-refractivity contribution in [3.8, 4) is 0 Å². The maximum atomic E-state index is 12.9. The van der Waals surface area contributed by atoms with Crippen molar-refractivity contribution in [1.82, 2.24) is 14.3 Å². The van der Waals surface area contributed by atoms with Crippen LogP contribution in [0.4, 0.5) is 0 Å². The van der Waals surface area contributed by atoms with Crippen molar-refractivity contribution >= 4 is 10.0 Å². The molecule has 1 aromatic heterocycles. The second-order valence-electron chi connectivity index (χ2n) is 6.21. The van der Waals surface area contributed by atoms with Crippen LogP contribution in [0, 0.1) is 12.8 Å². The molecule has 0 saturated carbocycles. The normalized spacial score (nSPS) is 17.8. The molecular weight excluding hydrogens is 326 g/mol. The maximum Gasteiger partial charge on any atom is 0.241 e. The monoisotopic (exact) mass is 349 g/mol. The third-order valence-corrected chi connectivity index (χ3v) is 6.14. The number of aryl methyl sites for hydroxylation is 2. The molecule has 0 radical (unpaired) electrons. The molecule has 1 fully saturated rings. The zero-order valence-corrected chi connectivity index (χ0v) is 14.8. The van der Waals surface area contributed by atoms with Gasteiger partial charge in [0.15, 0.2) is 0 Å². The Kier molecular flexibility index (Phi) is 5.03. The maximum absolute atomic E-state index is 12.9. The topological polar surface area (TPSA) is 73.2 Å². The molecule has 1 saturated heterocycles. The Hall–Kier alpha value is -1.70. The van der Waals surface area contributed by atoms with E-state index in [-0.39, 0.29) is 12.0 Å². The van der Waals surface area contributed by atoms with Crippen molar-refractivity contribution in [3.63, 3.8) is 0 Å². The highest BCUT2D eigenvalue weighted by Gasteiger charge is 2.32. The number of sulfonamides is 1. The summed E-state index contributed by atoms with van der Waals surface area (Å²) in [5.74, 6) is 0.901. The van der Waals surface area contributed by atoms with Crippen molar-refractivity contribution in [2.24, 2.45) is 13.0 Å². The lowest BCUT2D eigenvalue weighted by atomic mass is 9.92. The smallest absolute Gasteiger partial charge is 0.241 e. The summed E-state index contributed by atoms with van der Waals surface area (Å²) < 4.78 is 36.1. The van der Waals surface area contributed by atoms with Crippen LogP contribution in [0.2, 0.25) is 0 Å². The predicted molar refractivity (Wildman–Crippen MR) is 91.0 cm³/mol. The van der Waals surface area contributed by atoms with E-state index in [9.17, 15) is 8.42 Å². The van der Waals surface area contributed by atoms with Gasteiger partial charge in [-0.3, -0.25) is 0 Å². The van der Waals surface area contributed by atoms with E-state index in [4.69, 9.17) is 4.74 Å². The van der Waals surface area contributed by atoms with E-state index in [1.54, 1.807) is 31.3 Å². The molecule has 2 heterocycles. The third-order valence-electron chi connectivity index (χ3n) is 4.54. The molecule has 130 valence electrons. The quantitative estimate of drug-likeness (QED) is 0.898. The number of imidazole rings is 1. The van der Waals surface area contributed by atoms with Crippen molar-refractivity contribution < 1.29 is 13.2 Å². The Morgan fingerprint density at radius 3 is 2.62 bits per heavy atom. The summed E-state index contributed by atoms with van der Waals surface area (Å²) in [6.07, 6.45) is 5.16. The number of nitrogens with one attached hydrogen (secondary N) is 1. The summed E-state index contributed by atoms with van der Waals surface area (Å²) in [7, 11) is -1.74. The molecule has 1 aromatic carbocycles. The first-order chi connectivity index (χ1) is 11.5. The lowest BCUT2D eigenvalue weighted by Crippen LogP contribution is -2.37. The van der Waals surface area contributed by atoms with Crippen LogP contribution >= 0.6 is 0 Å². The molecule has 24 heavy (non-hydrogen) atoms. The van der Waals surface area contributed by atoms with E-state index in [1.165, 1.54) is 0 Å². The first-order valence-electron chi connectivity index (χ1n) is 8.12. The van der Waals surface area contributed by atoms with Crippen LogP contribution < -0.4 is 4.72 Å². The summed E-state index contributed by atoms with van der Waals surface area (Å²) in [5.41, 5.74) is 0.732. The van der Waals surface area contributed by atoms with E-state index < -0.39 is 10.0 Å². The highest BCUT2D eigenvalue weighted by Crippen LogP contribution is 2.31. The van der Waals surface area contributed by atoms with Gasteiger partial charge in [-0.1, -0.05) is 18.2 Å². The molecule has 1 unspecified atom stereocenters. The van der Waals surface area contributed by atoms with Crippen molar-refractivity contribution in [2.45, 2.75) is 30.7 Å². The summed E-state index contributed by atoms with van der Waals surface area (Å²) in [6.45, 7) is 3.11. The fourth-order valence-corrected chi connectivity index (χ4v) is 4.68. The number of aromatic nitrogens is 2. The van der Waals surface area contributed by atoms with Crippen LogP contribution in [0.25, 0.3) is 0 Å². The molecule has 1 N–H and O–H groups in total. The minimum atomic E-state index is -3.63. The second-order valence-corrected chi connectivity index (χ2v) is 7.89. The van der Waals surface area contributed by atoms with Gasteiger partial charge in [-0.25, -0.2) is 18.1 Å². The summed E-state index contributed by atoms with van der Waals surface area (Å²) in [6, 6.07) is 6.66. The first-order valence-corrected chi connectivity index (χ1v) is 9.60. The lowest BCUT2D eigenvalue weighted by Gasteiger charge is -2.30. The number of rotatable bonds is 5. The largest absolute Gasteiger partial charge is 0.381 e. The Bertz CT molecular complexity index is 795. The van der Waals surface area contributed by atoms with Crippen LogP contribution in [-0.2, 0) is 21.8 Å². The standard InChI is InChI=1S/C17H23N3O3S/c1-13-5-3-4-6-15(13)24(21,22)19-16(14-7-11-23-12-8-14)17-18-9-10-20(17)2/h3-6,9-10,14,16,19H,7-8,11-12H2,1-2H3. The van der Waals surface area contributed by atoms with Gasteiger partial charge in [-0.05, 0) is 37.3 Å². The van der Waals surface area contributed by atoms with Gasteiger partial charge in [0.2, 0.25) is 10.0 Å². The van der Waals surface area contributed by atoms with Gasteiger partial charge in [-0.15, -0.1) is 0 Å². The number of benzene rings is 1. The zero-order valence-electron chi connectivity index (χ0n) is 14.0. The van der Waals surface area contributed by atoms with Gasteiger partial charge in [0, 0.05) is 32.7 Å². The van der Waals surface area contributed by atoms with Gasteiger partial charge in [-0.2, -0.15) is 0 Å². The molecule has 1 aliphatic rings.